The van der Waals surface area contributed by atoms with Crippen molar-refractivity contribution in [1.29, 1.82) is 0 Å². The summed E-state index contributed by atoms with van der Waals surface area (Å²) >= 11 is 0. The molecule has 0 aliphatic heterocycles. The third-order valence-electron chi connectivity index (χ3n) is 4.88. The van der Waals surface area contributed by atoms with Gasteiger partial charge in [0.2, 0.25) is 0 Å². The van der Waals surface area contributed by atoms with Gasteiger partial charge in [-0.05, 0) is 43.2 Å². The molecular formula is C23H21N3O2. The van der Waals surface area contributed by atoms with E-state index in [1.165, 1.54) is 0 Å². The third-order valence-corrected chi connectivity index (χ3v) is 4.88. The first-order valence-electron chi connectivity index (χ1n) is 9.09. The normalized spacial score (nSPS) is 12.1. The lowest BCUT2D eigenvalue weighted by Gasteiger charge is -2.23. The molecule has 0 radical (unpaired) electrons. The number of phenols is 2. The van der Waals surface area contributed by atoms with Crippen LogP contribution in [0.4, 0.5) is 5.82 Å². The number of anilines is 1. The Kier molecular flexibility index (Phi) is 4.57. The van der Waals surface area contributed by atoms with Crippen LogP contribution in [0.3, 0.4) is 0 Å². The topological polar surface area (TPSA) is 78.3 Å². The van der Waals surface area contributed by atoms with Gasteiger partial charge in [0.1, 0.15) is 22.8 Å². The Morgan fingerprint density at radius 3 is 2.46 bits per heavy atom. The van der Waals surface area contributed by atoms with Gasteiger partial charge in [0.25, 0.3) is 0 Å². The summed E-state index contributed by atoms with van der Waals surface area (Å²) in [6.07, 6.45) is 3.38. The second-order valence-corrected chi connectivity index (χ2v) is 6.89. The number of hydrogen-bond acceptors (Lipinski definition) is 5. The summed E-state index contributed by atoms with van der Waals surface area (Å²) in [6, 6.07) is 16.4. The van der Waals surface area contributed by atoms with Crippen molar-refractivity contribution in [2.75, 3.05) is 5.32 Å². The molecule has 3 N–H and O–H groups in total. The van der Waals surface area contributed by atoms with E-state index in [2.05, 4.69) is 15.3 Å². The van der Waals surface area contributed by atoms with E-state index in [0.29, 0.717) is 22.5 Å². The largest absolute Gasteiger partial charge is 0.507 e. The molecular weight excluding hydrogens is 350 g/mol. The maximum absolute atomic E-state index is 11.0. The van der Waals surface area contributed by atoms with Crippen molar-refractivity contribution in [2.45, 2.75) is 19.9 Å². The van der Waals surface area contributed by atoms with Gasteiger partial charge in [-0.25, -0.2) is 4.98 Å². The van der Waals surface area contributed by atoms with Crippen molar-refractivity contribution in [3.05, 3.63) is 89.2 Å². The number of aromatic nitrogens is 2. The van der Waals surface area contributed by atoms with E-state index in [0.717, 1.165) is 16.5 Å². The Bertz CT molecular complexity index is 1160. The van der Waals surface area contributed by atoms with Gasteiger partial charge in [-0.3, -0.25) is 4.98 Å². The van der Waals surface area contributed by atoms with Gasteiger partial charge in [-0.15, -0.1) is 0 Å². The van der Waals surface area contributed by atoms with Crippen LogP contribution in [-0.4, -0.2) is 20.2 Å². The summed E-state index contributed by atoms with van der Waals surface area (Å²) in [5.41, 5.74) is 3.63. The highest BCUT2D eigenvalue weighted by Gasteiger charge is 2.23. The number of pyridine rings is 2. The minimum atomic E-state index is -0.499. The fourth-order valence-electron chi connectivity index (χ4n) is 3.38. The summed E-state index contributed by atoms with van der Waals surface area (Å²) < 4.78 is 0. The van der Waals surface area contributed by atoms with Gasteiger partial charge >= 0.3 is 0 Å². The van der Waals surface area contributed by atoms with Crippen LogP contribution in [0, 0.1) is 13.8 Å². The van der Waals surface area contributed by atoms with Crippen LogP contribution in [0.25, 0.3) is 10.9 Å². The Balaban J connectivity index is 1.90. The summed E-state index contributed by atoms with van der Waals surface area (Å²) in [7, 11) is 0. The summed E-state index contributed by atoms with van der Waals surface area (Å²) in [5, 5.41) is 25.9. The predicted molar refractivity (Wildman–Crippen MR) is 111 cm³/mol. The molecule has 140 valence electrons. The van der Waals surface area contributed by atoms with Crippen molar-refractivity contribution >= 4 is 16.7 Å². The van der Waals surface area contributed by atoms with Crippen molar-refractivity contribution in [3.8, 4) is 11.5 Å². The Hall–Kier alpha value is -3.60. The van der Waals surface area contributed by atoms with E-state index in [1.807, 2.05) is 68.4 Å². The van der Waals surface area contributed by atoms with E-state index in [4.69, 9.17) is 0 Å². The molecule has 2 aromatic carbocycles. The number of benzene rings is 2. The first-order chi connectivity index (χ1) is 13.5. The number of hydrogen-bond donors (Lipinski definition) is 3. The van der Waals surface area contributed by atoms with E-state index in [1.54, 1.807) is 12.4 Å². The van der Waals surface area contributed by atoms with Crippen molar-refractivity contribution in [1.82, 2.24) is 9.97 Å². The lowest BCUT2D eigenvalue weighted by molar-refractivity contribution is 0.457. The van der Waals surface area contributed by atoms with Crippen LogP contribution in [0.2, 0.25) is 0 Å². The fourth-order valence-corrected chi connectivity index (χ4v) is 3.38. The lowest BCUT2D eigenvalue weighted by atomic mass is 9.94. The molecule has 0 saturated heterocycles. The number of nitrogens with zero attached hydrogens (tertiary/aromatic N) is 2. The van der Waals surface area contributed by atoms with Crippen LogP contribution in [-0.2, 0) is 0 Å². The second kappa shape index (κ2) is 7.19. The Labute approximate surface area is 163 Å². The van der Waals surface area contributed by atoms with Crippen molar-refractivity contribution in [2.24, 2.45) is 0 Å². The smallest absolute Gasteiger partial charge is 0.147 e. The van der Waals surface area contributed by atoms with Crippen LogP contribution < -0.4 is 5.32 Å². The quantitative estimate of drug-likeness (QED) is 0.477. The molecule has 0 aliphatic carbocycles. The molecule has 4 rings (SSSR count). The highest BCUT2D eigenvalue weighted by atomic mass is 16.3. The first kappa shape index (κ1) is 17.8. The molecule has 0 saturated carbocycles. The van der Waals surface area contributed by atoms with E-state index in [9.17, 15) is 10.2 Å². The minimum Gasteiger partial charge on any atom is -0.507 e. The van der Waals surface area contributed by atoms with Crippen LogP contribution in [0.5, 0.6) is 11.5 Å². The number of nitrogens with one attached hydrogen (secondary N) is 1. The Morgan fingerprint density at radius 2 is 1.64 bits per heavy atom. The third kappa shape index (κ3) is 3.22. The van der Waals surface area contributed by atoms with Crippen LogP contribution >= 0.6 is 0 Å². The van der Waals surface area contributed by atoms with Gasteiger partial charge in [0.05, 0.1) is 6.04 Å². The molecule has 5 nitrogen and oxygen atoms in total. The molecule has 5 heteroatoms. The van der Waals surface area contributed by atoms with Crippen molar-refractivity contribution in [3.63, 3.8) is 0 Å². The zero-order valence-electron chi connectivity index (χ0n) is 15.7. The lowest BCUT2D eigenvalue weighted by Crippen LogP contribution is -2.14. The number of para-hydroxylation sites is 1. The van der Waals surface area contributed by atoms with Crippen LogP contribution in [0.1, 0.15) is 28.3 Å². The Morgan fingerprint density at radius 1 is 0.821 bits per heavy atom. The van der Waals surface area contributed by atoms with E-state index >= 15 is 0 Å². The standard InChI is InChI=1S/C23H21N3O2/c1-14-10-12-24-19(13-14)26-21(17-7-3-5-15(2)22(17)27)18-9-8-16-6-4-11-25-20(16)23(18)28/h3-13,21,27-28H,1-2H3,(H,24,26). The zero-order chi connectivity index (χ0) is 19.7. The van der Waals surface area contributed by atoms with Gasteiger partial charge in [-0.1, -0.05) is 36.4 Å². The molecule has 2 heterocycles. The molecule has 0 fully saturated rings. The van der Waals surface area contributed by atoms with Gasteiger partial charge in [0, 0.05) is 28.9 Å². The molecule has 1 atom stereocenters. The second-order valence-electron chi connectivity index (χ2n) is 6.89. The van der Waals surface area contributed by atoms with Gasteiger partial charge in [-0.2, -0.15) is 0 Å². The minimum absolute atomic E-state index is 0.0872. The van der Waals surface area contributed by atoms with Crippen molar-refractivity contribution < 1.29 is 10.2 Å². The highest BCUT2D eigenvalue weighted by Crippen LogP contribution is 2.39. The summed E-state index contributed by atoms with van der Waals surface area (Å²) in [6.45, 7) is 3.84. The summed E-state index contributed by atoms with van der Waals surface area (Å²) in [4.78, 5) is 8.71. The SMILES string of the molecule is Cc1ccnc(NC(c2cccc(C)c2O)c2ccc3cccnc3c2O)c1. The molecule has 0 amide bonds. The fraction of sp³-hybridized carbons (Fsp3) is 0.130. The van der Waals surface area contributed by atoms with E-state index in [-0.39, 0.29) is 11.5 Å². The monoisotopic (exact) mass is 371 g/mol. The number of aryl methyl sites for hydroxylation is 2. The maximum atomic E-state index is 11.0. The number of rotatable bonds is 4. The van der Waals surface area contributed by atoms with Gasteiger partial charge in [0.15, 0.2) is 0 Å². The van der Waals surface area contributed by atoms with Crippen LogP contribution in [0.15, 0.2) is 67.0 Å². The number of fused-ring (bicyclic) bond motifs is 1. The van der Waals surface area contributed by atoms with E-state index < -0.39 is 6.04 Å². The number of aromatic hydroxyl groups is 2. The molecule has 2 aromatic heterocycles. The average Bonchev–Trinajstić information content (AvgIpc) is 2.69. The first-order valence-corrected chi connectivity index (χ1v) is 9.09. The van der Waals surface area contributed by atoms with Gasteiger partial charge < -0.3 is 15.5 Å². The predicted octanol–water partition coefficient (Wildman–Crippen LogP) is 4.86. The molecule has 28 heavy (non-hydrogen) atoms. The highest BCUT2D eigenvalue weighted by molar-refractivity contribution is 5.86. The maximum Gasteiger partial charge on any atom is 0.147 e. The number of phenolic OH excluding ortho intramolecular Hbond substituents is 2. The molecule has 0 spiro atoms. The molecule has 0 aliphatic rings. The molecule has 0 bridgehead atoms. The molecule has 1 unspecified atom stereocenters. The molecule has 4 aromatic rings. The summed E-state index contributed by atoms with van der Waals surface area (Å²) in [5.74, 6) is 0.934. The zero-order valence-corrected chi connectivity index (χ0v) is 15.7. The average molecular weight is 371 g/mol.